The molecule has 8 nitrogen and oxygen atoms in total. The van der Waals surface area contributed by atoms with Crippen LogP contribution in [0.5, 0.6) is 5.75 Å². The number of benzene rings is 2. The van der Waals surface area contributed by atoms with Gasteiger partial charge in [0.05, 0.1) is 28.3 Å². The molecule has 1 aromatic heterocycles. The molecule has 0 saturated carbocycles. The molecule has 0 atom stereocenters. The number of nitrogens with zero attached hydrogens (tertiary/aromatic N) is 3. The molecule has 0 fully saturated rings. The highest BCUT2D eigenvalue weighted by atomic mass is 35.5. The Morgan fingerprint density at radius 2 is 2.00 bits per heavy atom. The summed E-state index contributed by atoms with van der Waals surface area (Å²) < 4.78 is 6.48. The Bertz CT molecular complexity index is 1150. The van der Waals surface area contributed by atoms with Crippen LogP contribution >= 0.6 is 23.2 Å². The number of halogens is 2. The molecule has 0 aliphatic heterocycles. The first-order chi connectivity index (χ1) is 13.3. The van der Waals surface area contributed by atoms with E-state index >= 15 is 0 Å². The monoisotopic (exact) mass is 420 g/mol. The van der Waals surface area contributed by atoms with Crippen molar-refractivity contribution in [3.63, 3.8) is 0 Å². The molecule has 0 aliphatic rings. The number of nitrogens with one attached hydrogen (secondary N) is 1. The second kappa shape index (κ2) is 7.87. The van der Waals surface area contributed by atoms with Crippen LogP contribution in [-0.4, -0.2) is 28.0 Å². The second-order valence-electron chi connectivity index (χ2n) is 5.76. The zero-order valence-corrected chi connectivity index (χ0v) is 16.3. The maximum Gasteiger partial charge on any atom is 0.296 e. The molecule has 1 heterocycles. The molecule has 2 aromatic carbocycles. The number of nitro benzene ring substituents is 1. The Labute approximate surface area is 169 Å². The van der Waals surface area contributed by atoms with Crippen molar-refractivity contribution in [1.82, 2.24) is 9.78 Å². The zero-order valence-electron chi connectivity index (χ0n) is 14.8. The standard InChI is InChI=1S/C18H14Cl2N4O4/c1-10-13(9-21-15-6-3-11(19)7-16(15)24(26)27)18(25)23(22-10)12-4-5-14(20)17(8-12)28-2/h3-9,22H,1-2H3. The van der Waals surface area contributed by atoms with Crippen molar-refractivity contribution < 1.29 is 9.66 Å². The van der Waals surface area contributed by atoms with E-state index in [1.807, 2.05) is 0 Å². The number of aryl methyl sites for hydroxylation is 1. The summed E-state index contributed by atoms with van der Waals surface area (Å²) in [6.45, 7) is 1.70. The van der Waals surface area contributed by atoms with Gasteiger partial charge < -0.3 is 4.74 Å². The van der Waals surface area contributed by atoms with E-state index in [4.69, 9.17) is 27.9 Å². The number of aromatic amines is 1. The number of aromatic nitrogens is 2. The lowest BCUT2D eigenvalue weighted by Gasteiger charge is -2.06. The molecular weight excluding hydrogens is 407 g/mol. The fraction of sp³-hybridized carbons (Fsp3) is 0.111. The molecule has 1 N–H and O–H groups in total. The number of H-pyrrole nitrogens is 1. The zero-order chi connectivity index (χ0) is 20.4. The Hall–Kier alpha value is -3.10. The number of ether oxygens (including phenoxy) is 1. The van der Waals surface area contributed by atoms with Gasteiger partial charge in [-0.2, -0.15) is 0 Å². The quantitative estimate of drug-likeness (QED) is 0.374. The number of rotatable bonds is 5. The number of hydrogen-bond acceptors (Lipinski definition) is 5. The van der Waals surface area contributed by atoms with E-state index < -0.39 is 4.92 Å². The molecule has 10 heteroatoms. The van der Waals surface area contributed by atoms with E-state index in [9.17, 15) is 14.9 Å². The maximum absolute atomic E-state index is 12.8. The van der Waals surface area contributed by atoms with E-state index in [0.29, 0.717) is 22.2 Å². The van der Waals surface area contributed by atoms with E-state index in [-0.39, 0.29) is 27.5 Å². The van der Waals surface area contributed by atoms with Crippen LogP contribution in [0.15, 0.2) is 46.2 Å². The van der Waals surface area contributed by atoms with Crippen molar-refractivity contribution in [2.24, 2.45) is 4.99 Å². The van der Waals surface area contributed by atoms with E-state index in [0.717, 1.165) is 0 Å². The molecule has 0 saturated heterocycles. The molecule has 0 unspecified atom stereocenters. The number of hydrogen-bond donors (Lipinski definition) is 1. The van der Waals surface area contributed by atoms with Crippen LogP contribution < -0.4 is 10.3 Å². The summed E-state index contributed by atoms with van der Waals surface area (Å²) in [7, 11) is 1.48. The lowest BCUT2D eigenvalue weighted by Crippen LogP contribution is -2.17. The normalized spacial score (nSPS) is 11.1. The van der Waals surface area contributed by atoms with Gasteiger partial charge in [-0.05, 0) is 31.2 Å². The first-order valence-corrected chi connectivity index (χ1v) is 8.71. The average Bonchev–Trinajstić information content (AvgIpc) is 2.95. The van der Waals surface area contributed by atoms with Crippen LogP contribution in [0.1, 0.15) is 11.3 Å². The van der Waals surface area contributed by atoms with Crippen LogP contribution in [0.2, 0.25) is 10.0 Å². The van der Waals surface area contributed by atoms with Gasteiger partial charge in [0.1, 0.15) is 11.4 Å². The average molecular weight is 421 g/mol. The van der Waals surface area contributed by atoms with Crippen LogP contribution in [0.3, 0.4) is 0 Å². The second-order valence-corrected chi connectivity index (χ2v) is 6.60. The summed E-state index contributed by atoms with van der Waals surface area (Å²) in [6, 6.07) is 9.00. The number of methoxy groups -OCH3 is 1. The summed E-state index contributed by atoms with van der Waals surface area (Å²) in [5.74, 6) is 0.422. The van der Waals surface area contributed by atoms with Crippen molar-refractivity contribution >= 4 is 40.8 Å². The van der Waals surface area contributed by atoms with Gasteiger partial charge in [0.15, 0.2) is 0 Å². The molecule has 0 bridgehead atoms. The first-order valence-electron chi connectivity index (χ1n) is 7.95. The van der Waals surface area contributed by atoms with Gasteiger partial charge in [-0.15, -0.1) is 0 Å². The van der Waals surface area contributed by atoms with Crippen molar-refractivity contribution in [2.75, 3.05) is 7.11 Å². The van der Waals surface area contributed by atoms with E-state index in [1.165, 1.54) is 36.2 Å². The van der Waals surface area contributed by atoms with Crippen molar-refractivity contribution in [3.05, 3.63) is 78.2 Å². The summed E-state index contributed by atoms with van der Waals surface area (Å²) in [6.07, 6.45) is 1.29. The lowest BCUT2D eigenvalue weighted by molar-refractivity contribution is -0.384. The Morgan fingerprint density at radius 3 is 2.68 bits per heavy atom. The first kappa shape index (κ1) is 19.7. The molecule has 28 heavy (non-hydrogen) atoms. The molecule has 0 radical (unpaired) electrons. The predicted octanol–water partition coefficient (Wildman–Crippen LogP) is 4.45. The van der Waals surface area contributed by atoms with Gasteiger partial charge in [-0.25, -0.2) is 9.67 Å². The highest BCUT2D eigenvalue weighted by Gasteiger charge is 2.15. The van der Waals surface area contributed by atoms with Crippen LogP contribution in [0.25, 0.3) is 5.69 Å². The van der Waals surface area contributed by atoms with Crippen molar-refractivity contribution in [1.29, 1.82) is 0 Å². The van der Waals surface area contributed by atoms with Crippen molar-refractivity contribution in [3.8, 4) is 11.4 Å². The van der Waals surface area contributed by atoms with Crippen molar-refractivity contribution in [2.45, 2.75) is 6.92 Å². The van der Waals surface area contributed by atoms with E-state index in [1.54, 1.807) is 25.1 Å². The summed E-state index contributed by atoms with van der Waals surface area (Å²) in [5, 5.41) is 14.8. The lowest BCUT2D eigenvalue weighted by atomic mass is 10.2. The summed E-state index contributed by atoms with van der Waals surface area (Å²) >= 11 is 11.8. The van der Waals surface area contributed by atoms with Gasteiger partial charge >= 0.3 is 0 Å². The molecule has 0 amide bonds. The van der Waals surface area contributed by atoms with Gasteiger partial charge in [-0.3, -0.25) is 20.0 Å². The van der Waals surface area contributed by atoms with Gasteiger partial charge in [-0.1, -0.05) is 23.2 Å². The third-order valence-corrected chi connectivity index (χ3v) is 4.52. The Balaban J connectivity index is 2.03. The Morgan fingerprint density at radius 1 is 1.25 bits per heavy atom. The SMILES string of the molecule is COc1cc(-n2[nH]c(C)c(C=Nc3ccc(Cl)cc3[N+](=O)[O-])c2=O)ccc1Cl. The van der Waals surface area contributed by atoms with Gasteiger partial charge in [0, 0.05) is 29.1 Å². The largest absolute Gasteiger partial charge is 0.495 e. The number of nitro groups is 1. The van der Waals surface area contributed by atoms with Crippen LogP contribution in [0.4, 0.5) is 11.4 Å². The smallest absolute Gasteiger partial charge is 0.296 e. The van der Waals surface area contributed by atoms with Crippen LogP contribution in [-0.2, 0) is 0 Å². The number of aliphatic imine (C=N–C) groups is 1. The maximum atomic E-state index is 12.8. The Kier molecular flexibility index (Phi) is 5.53. The summed E-state index contributed by atoms with van der Waals surface area (Å²) in [5.41, 5.74) is 0.792. The molecule has 3 rings (SSSR count). The fourth-order valence-corrected chi connectivity index (χ4v) is 2.93. The van der Waals surface area contributed by atoms with Gasteiger partial charge in [0.2, 0.25) is 0 Å². The van der Waals surface area contributed by atoms with E-state index in [2.05, 4.69) is 10.1 Å². The minimum absolute atomic E-state index is 0.0918. The molecule has 3 aromatic rings. The fourth-order valence-electron chi connectivity index (χ4n) is 2.57. The molecule has 144 valence electrons. The minimum atomic E-state index is -0.583. The molecule has 0 spiro atoms. The highest BCUT2D eigenvalue weighted by molar-refractivity contribution is 6.32. The highest BCUT2D eigenvalue weighted by Crippen LogP contribution is 2.30. The third kappa shape index (κ3) is 3.78. The molecular formula is C18H14Cl2N4O4. The van der Waals surface area contributed by atoms with Crippen LogP contribution in [0, 0.1) is 17.0 Å². The third-order valence-electron chi connectivity index (χ3n) is 3.98. The minimum Gasteiger partial charge on any atom is -0.495 e. The topological polar surface area (TPSA) is 103 Å². The predicted molar refractivity (Wildman–Crippen MR) is 108 cm³/mol. The van der Waals surface area contributed by atoms with Gasteiger partial charge in [0.25, 0.3) is 11.2 Å². The summed E-state index contributed by atoms with van der Waals surface area (Å²) in [4.78, 5) is 27.5. The molecule has 0 aliphatic carbocycles.